The molecule has 12 nitrogen and oxygen atoms in total. The summed E-state index contributed by atoms with van der Waals surface area (Å²) in [6.07, 6.45) is 6.64. The van der Waals surface area contributed by atoms with Crippen LogP contribution in [0.2, 0.25) is 0 Å². The minimum absolute atomic E-state index is 0.138. The van der Waals surface area contributed by atoms with Crippen LogP contribution in [0.4, 0.5) is 0 Å². The van der Waals surface area contributed by atoms with Crippen LogP contribution >= 0.6 is 0 Å². The molecule has 0 radical (unpaired) electrons. The highest BCUT2D eigenvalue weighted by Crippen LogP contribution is 2.40. The first-order valence-electron chi connectivity index (χ1n) is 11.2. The van der Waals surface area contributed by atoms with Crippen molar-refractivity contribution in [3.63, 3.8) is 0 Å². The van der Waals surface area contributed by atoms with E-state index < -0.39 is 26.9 Å². The van der Waals surface area contributed by atoms with E-state index in [2.05, 4.69) is 30.1 Å². The third-order valence-electron chi connectivity index (χ3n) is 6.22. The van der Waals surface area contributed by atoms with E-state index in [0.29, 0.717) is 17.3 Å². The van der Waals surface area contributed by atoms with Crippen molar-refractivity contribution in [3.8, 4) is 17.4 Å². The van der Waals surface area contributed by atoms with Crippen LogP contribution in [0.3, 0.4) is 0 Å². The van der Waals surface area contributed by atoms with Gasteiger partial charge in [0.2, 0.25) is 11.8 Å². The van der Waals surface area contributed by atoms with E-state index >= 15 is 0 Å². The van der Waals surface area contributed by atoms with Gasteiger partial charge in [0.15, 0.2) is 27.2 Å². The van der Waals surface area contributed by atoms with Crippen LogP contribution < -0.4 is 9.47 Å². The molecule has 0 N–H and O–H groups in total. The molecule has 0 saturated heterocycles. The van der Waals surface area contributed by atoms with Gasteiger partial charge in [-0.2, -0.15) is 9.97 Å². The highest BCUT2D eigenvalue weighted by atomic mass is 32.2. The summed E-state index contributed by atoms with van der Waals surface area (Å²) in [5, 5.41) is 7.69. The van der Waals surface area contributed by atoms with Gasteiger partial charge in [-0.15, -0.1) is 10.2 Å². The van der Waals surface area contributed by atoms with Crippen molar-refractivity contribution in [3.05, 3.63) is 41.8 Å². The summed E-state index contributed by atoms with van der Waals surface area (Å²) in [7, 11) is 0.582. The Hall–Kier alpha value is -3.19. The average molecular weight is 504 g/mol. The van der Waals surface area contributed by atoms with Gasteiger partial charge in [-0.1, -0.05) is 6.42 Å². The lowest BCUT2D eigenvalue weighted by atomic mass is 9.85. The zero-order valence-corrected chi connectivity index (χ0v) is 21.2. The molecule has 1 fully saturated rings. The first-order valence-corrected chi connectivity index (χ1v) is 12.9. The zero-order chi connectivity index (χ0) is 25.2. The summed E-state index contributed by atoms with van der Waals surface area (Å²) < 4.78 is 45.3. The van der Waals surface area contributed by atoms with Crippen LogP contribution in [0, 0.1) is 6.92 Å². The molecule has 35 heavy (non-hydrogen) atoms. The highest BCUT2D eigenvalue weighted by molar-refractivity contribution is 7.91. The first-order chi connectivity index (χ1) is 16.8. The van der Waals surface area contributed by atoms with E-state index in [1.165, 1.54) is 27.7 Å². The molecule has 3 aromatic heterocycles. The Labute approximate surface area is 204 Å². The molecule has 1 aliphatic rings. The highest BCUT2D eigenvalue weighted by Gasteiger charge is 2.36. The van der Waals surface area contributed by atoms with E-state index in [1.807, 2.05) is 6.92 Å². The van der Waals surface area contributed by atoms with Crippen LogP contribution in [0.15, 0.2) is 18.7 Å². The van der Waals surface area contributed by atoms with Crippen molar-refractivity contribution in [2.45, 2.75) is 56.1 Å². The molecule has 3 heterocycles. The molecule has 0 bridgehead atoms. The van der Waals surface area contributed by atoms with Crippen LogP contribution in [-0.4, -0.2) is 69.7 Å². The van der Waals surface area contributed by atoms with Crippen molar-refractivity contribution in [2.75, 3.05) is 21.3 Å². The average Bonchev–Trinajstić information content (AvgIpc) is 3.20. The van der Waals surface area contributed by atoms with Crippen molar-refractivity contribution < 1.29 is 22.6 Å². The maximum absolute atomic E-state index is 13.6. The van der Waals surface area contributed by atoms with Gasteiger partial charge in [0, 0.05) is 25.4 Å². The molecule has 1 aliphatic carbocycles. The largest absolute Gasteiger partial charge is 0.479 e. The molecule has 4 rings (SSSR count). The summed E-state index contributed by atoms with van der Waals surface area (Å²) >= 11 is 0. The fraction of sp³-hybridized carbons (Fsp3) is 0.545. The fourth-order valence-electron chi connectivity index (χ4n) is 3.99. The number of sulfone groups is 1. The lowest BCUT2D eigenvalue weighted by molar-refractivity contribution is 0.0947. The van der Waals surface area contributed by atoms with Gasteiger partial charge in [-0.05, 0) is 32.3 Å². The molecule has 188 valence electrons. The Bertz CT molecular complexity index is 1250. The summed E-state index contributed by atoms with van der Waals surface area (Å²) in [6, 6.07) is 0. The van der Waals surface area contributed by atoms with Gasteiger partial charge < -0.3 is 14.2 Å². The van der Waals surface area contributed by atoms with E-state index in [0.717, 1.165) is 24.8 Å². The number of rotatable bonds is 10. The molecule has 0 amide bonds. The third-order valence-corrected chi connectivity index (χ3v) is 8.26. The van der Waals surface area contributed by atoms with Crippen LogP contribution in [0.25, 0.3) is 5.69 Å². The summed E-state index contributed by atoms with van der Waals surface area (Å²) in [4.78, 5) is 16.9. The van der Waals surface area contributed by atoms with Gasteiger partial charge in [-0.3, -0.25) is 4.57 Å². The van der Waals surface area contributed by atoms with E-state index in [4.69, 9.17) is 14.2 Å². The Morgan fingerprint density at radius 1 is 1.03 bits per heavy atom. The second kappa shape index (κ2) is 10.2. The summed E-state index contributed by atoms with van der Waals surface area (Å²) in [6.45, 7) is 3.43. The number of nitrogens with zero attached hydrogens (tertiary/aromatic N) is 7. The Morgan fingerprint density at radius 3 is 2.17 bits per heavy atom. The van der Waals surface area contributed by atoms with Crippen molar-refractivity contribution in [1.29, 1.82) is 0 Å². The molecule has 0 aromatic carbocycles. The minimum atomic E-state index is -3.80. The lowest BCUT2D eigenvalue weighted by Crippen LogP contribution is -2.30. The SMILES string of the molecule is COc1ncnc(OC)c1-n1c(CS(=O)(=O)[C@@H](C)[C@H](OC)c2ncc(C)cn2)nnc1C1CCC1. The predicted octanol–water partition coefficient (Wildman–Crippen LogP) is 2.13. The Kier molecular flexibility index (Phi) is 7.26. The molecular formula is C22H29N7O5S. The summed E-state index contributed by atoms with van der Waals surface area (Å²) in [5.41, 5.74) is 1.23. The minimum Gasteiger partial charge on any atom is -0.479 e. The number of aromatic nitrogens is 7. The number of hydrogen-bond acceptors (Lipinski definition) is 11. The second-order valence-electron chi connectivity index (χ2n) is 8.47. The third kappa shape index (κ3) is 4.82. The van der Waals surface area contributed by atoms with Crippen LogP contribution in [-0.2, 0) is 20.3 Å². The molecule has 0 aliphatic heterocycles. The zero-order valence-electron chi connectivity index (χ0n) is 20.4. The normalized spacial score (nSPS) is 15.9. The topological polar surface area (TPSA) is 144 Å². The lowest BCUT2D eigenvalue weighted by Gasteiger charge is -2.26. The van der Waals surface area contributed by atoms with Gasteiger partial charge >= 0.3 is 0 Å². The Balaban J connectivity index is 1.76. The molecule has 2 atom stereocenters. The van der Waals surface area contributed by atoms with Crippen molar-refractivity contribution >= 4 is 9.84 Å². The monoisotopic (exact) mass is 503 g/mol. The first kappa shape index (κ1) is 24.9. The number of methoxy groups -OCH3 is 3. The maximum atomic E-state index is 13.6. The van der Waals surface area contributed by atoms with Crippen LogP contribution in [0.1, 0.15) is 61.2 Å². The predicted molar refractivity (Wildman–Crippen MR) is 125 cm³/mol. The van der Waals surface area contributed by atoms with Crippen molar-refractivity contribution in [1.82, 2.24) is 34.7 Å². The standard InChI is InChI=1S/C22H29N7O5S/c1-13-9-23-19(24-10-13)18(32-3)14(2)35(30,31)11-16-27-28-20(15-7-6-8-15)29(16)17-21(33-4)25-12-26-22(17)34-5/h9-10,12,14-15,18H,6-8,11H2,1-5H3/t14-,18-/m0/s1. The number of hydrogen-bond donors (Lipinski definition) is 0. The molecule has 0 spiro atoms. The second-order valence-corrected chi connectivity index (χ2v) is 10.8. The van der Waals surface area contributed by atoms with Gasteiger partial charge in [0.05, 0.1) is 19.5 Å². The maximum Gasteiger partial charge on any atom is 0.245 e. The Morgan fingerprint density at radius 2 is 1.66 bits per heavy atom. The number of aryl methyl sites for hydroxylation is 1. The molecule has 0 unspecified atom stereocenters. The number of ether oxygens (including phenoxy) is 3. The van der Waals surface area contributed by atoms with Gasteiger partial charge in [0.25, 0.3) is 0 Å². The summed E-state index contributed by atoms with van der Waals surface area (Å²) in [5.74, 6) is 1.33. The molecular weight excluding hydrogens is 474 g/mol. The molecule has 1 saturated carbocycles. The van der Waals surface area contributed by atoms with Gasteiger partial charge in [-0.25, -0.2) is 18.4 Å². The fourth-order valence-corrected chi connectivity index (χ4v) is 5.41. The van der Waals surface area contributed by atoms with E-state index in [9.17, 15) is 8.42 Å². The van der Waals surface area contributed by atoms with Crippen molar-refractivity contribution in [2.24, 2.45) is 0 Å². The van der Waals surface area contributed by atoms with E-state index in [1.54, 1.807) is 23.9 Å². The smallest absolute Gasteiger partial charge is 0.245 e. The molecule has 13 heteroatoms. The van der Waals surface area contributed by atoms with E-state index in [-0.39, 0.29) is 23.5 Å². The van der Waals surface area contributed by atoms with Crippen LogP contribution in [0.5, 0.6) is 11.8 Å². The van der Waals surface area contributed by atoms with Gasteiger partial charge in [0.1, 0.15) is 24.0 Å². The quantitative estimate of drug-likeness (QED) is 0.401. The molecule has 3 aromatic rings.